The van der Waals surface area contributed by atoms with E-state index in [0.29, 0.717) is 17.6 Å². The average Bonchev–Trinajstić information content (AvgIpc) is 3.17. The number of nitrogens with zero attached hydrogens (tertiary/aromatic N) is 1. The predicted molar refractivity (Wildman–Crippen MR) is 74.6 cm³/mol. The monoisotopic (exact) mass is 245 g/mol. The van der Waals surface area contributed by atoms with Crippen molar-refractivity contribution in [3.05, 3.63) is 35.4 Å². The summed E-state index contributed by atoms with van der Waals surface area (Å²) >= 11 is 0. The van der Waals surface area contributed by atoms with Crippen molar-refractivity contribution in [1.29, 1.82) is 0 Å². The molecule has 0 N–H and O–H groups in total. The molecule has 0 spiro atoms. The molecule has 2 rings (SSSR count). The maximum absolute atomic E-state index is 11.3. The molecule has 0 radical (unpaired) electrons. The molecule has 1 aliphatic carbocycles. The molecule has 0 aliphatic heterocycles. The second-order valence-electron chi connectivity index (χ2n) is 5.26. The van der Waals surface area contributed by atoms with Gasteiger partial charge >= 0.3 is 0 Å². The standard InChI is InChI=1S/C16H23NO/c1-4-17(5-2)11-13-6-8-14(9-7-13)16-10-15(16)12(3)18/h6-9,15-16H,4-5,10-11H2,1-3H3. The lowest BCUT2D eigenvalue weighted by molar-refractivity contribution is -0.118. The molecule has 2 heteroatoms. The lowest BCUT2D eigenvalue weighted by Gasteiger charge is -2.18. The Morgan fingerprint density at radius 1 is 1.22 bits per heavy atom. The van der Waals surface area contributed by atoms with Crippen molar-refractivity contribution in [3.8, 4) is 0 Å². The van der Waals surface area contributed by atoms with Gasteiger partial charge < -0.3 is 0 Å². The number of hydrogen-bond donors (Lipinski definition) is 0. The molecule has 0 heterocycles. The third kappa shape index (κ3) is 2.99. The number of rotatable bonds is 6. The van der Waals surface area contributed by atoms with E-state index in [0.717, 1.165) is 26.1 Å². The summed E-state index contributed by atoms with van der Waals surface area (Å²) in [4.78, 5) is 13.7. The van der Waals surface area contributed by atoms with Crippen molar-refractivity contribution in [2.45, 2.75) is 39.7 Å². The molecule has 18 heavy (non-hydrogen) atoms. The van der Waals surface area contributed by atoms with Crippen LogP contribution in [-0.2, 0) is 11.3 Å². The van der Waals surface area contributed by atoms with Gasteiger partial charge in [0.05, 0.1) is 0 Å². The second kappa shape index (κ2) is 5.66. The van der Waals surface area contributed by atoms with Crippen LogP contribution in [-0.4, -0.2) is 23.8 Å². The number of benzene rings is 1. The van der Waals surface area contributed by atoms with E-state index < -0.39 is 0 Å². The van der Waals surface area contributed by atoms with Crippen molar-refractivity contribution < 1.29 is 4.79 Å². The van der Waals surface area contributed by atoms with E-state index in [1.54, 1.807) is 6.92 Å². The van der Waals surface area contributed by atoms with Gasteiger partial charge in [-0.05, 0) is 43.5 Å². The molecule has 2 atom stereocenters. The predicted octanol–water partition coefficient (Wildman–Crippen LogP) is 3.22. The van der Waals surface area contributed by atoms with Crippen molar-refractivity contribution >= 4 is 5.78 Å². The highest BCUT2D eigenvalue weighted by Gasteiger charge is 2.41. The zero-order valence-corrected chi connectivity index (χ0v) is 11.6. The molecule has 1 aromatic rings. The van der Waals surface area contributed by atoms with Gasteiger partial charge in [0.25, 0.3) is 0 Å². The van der Waals surface area contributed by atoms with Crippen LogP contribution in [0.1, 0.15) is 44.2 Å². The van der Waals surface area contributed by atoms with Crippen LogP contribution >= 0.6 is 0 Å². The Hall–Kier alpha value is -1.15. The highest BCUT2D eigenvalue weighted by atomic mass is 16.1. The van der Waals surface area contributed by atoms with Gasteiger partial charge in [-0.3, -0.25) is 9.69 Å². The van der Waals surface area contributed by atoms with Gasteiger partial charge in [0, 0.05) is 12.5 Å². The molecule has 0 bridgehead atoms. The molecule has 1 aromatic carbocycles. The van der Waals surface area contributed by atoms with Gasteiger partial charge in [-0.1, -0.05) is 38.1 Å². The molecule has 1 saturated carbocycles. The number of Topliss-reactive ketones (excluding diaryl/α,β-unsaturated/α-hetero) is 1. The van der Waals surface area contributed by atoms with Crippen LogP contribution in [0.3, 0.4) is 0 Å². The fourth-order valence-corrected chi connectivity index (χ4v) is 2.59. The van der Waals surface area contributed by atoms with Gasteiger partial charge in [0.2, 0.25) is 0 Å². The molecule has 98 valence electrons. The van der Waals surface area contributed by atoms with Gasteiger partial charge in [0.15, 0.2) is 0 Å². The highest BCUT2D eigenvalue weighted by molar-refractivity contribution is 5.82. The third-order valence-corrected chi connectivity index (χ3v) is 4.02. The summed E-state index contributed by atoms with van der Waals surface area (Å²) in [5.41, 5.74) is 2.70. The highest BCUT2D eigenvalue weighted by Crippen LogP contribution is 2.47. The minimum atomic E-state index is 0.290. The smallest absolute Gasteiger partial charge is 0.133 e. The largest absolute Gasteiger partial charge is 0.300 e. The lowest BCUT2D eigenvalue weighted by Crippen LogP contribution is -2.21. The maximum Gasteiger partial charge on any atom is 0.133 e. The quantitative estimate of drug-likeness (QED) is 0.767. The fraction of sp³-hybridized carbons (Fsp3) is 0.562. The van der Waals surface area contributed by atoms with Crippen LogP contribution in [0.4, 0.5) is 0 Å². The van der Waals surface area contributed by atoms with Crippen LogP contribution in [0, 0.1) is 5.92 Å². The van der Waals surface area contributed by atoms with Crippen molar-refractivity contribution in [1.82, 2.24) is 4.90 Å². The van der Waals surface area contributed by atoms with Crippen molar-refractivity contribution in [2.75, 3.05) is 13.1 Å². The number of hydrogen-bond acceptors (Lipinski definition) is 2. The van der Waals surface area contributed by atoms with Crippen LogP contribution in [0.15, 0.2) is 24.3 Å². The van der Waals surface area contributed by atoms with Crippen LogP contribution in [0.25, 0.3) is 0 Å². The van der Waals surface area contributed by atoms with E-state index in [9.17, 15) is 4.79 Å². The Morgan fingerprint density at radius 2 is 1.83 bits per heavy atom. The molecule has 0 aromatic heterocycles. The van der Waals surface area contributed by atoms with E-state index in [-0.39, 0.29) is 0 Å². The Balaban J connectivity index is 1.96. The average molecular weight is 245 g/mol. The fourth-order valence-electron chi connectivity index (χ4n) is 2.59. The van der Waals surface area contributed by atoms with E-state index in [4.69, 9.17) is 0 Å². The van der Waals surface area contributed by atoms with Crippen LogP contribution < -0.4 is 0 Å². The molecule has 1 fully saturated rings. The summed E-state index contributed by atoms with van der Waals surface area (Å²) in [6.07, 6.45) is 1.05. The number of ketones is 1. The SMILES string of the molecule is CCN(CC)Cc1ccc(C2CC2C(C)=O)cc1. The topological polar surface area (TPSA) is 20.3 Å². The van der Waals surface area contributed by atoms with Gasteiger partial charge in [0.1, 0.15) is 5.78 Å². The summed E-state index contributed by atoms with van der Waals surface area (Å²) in [7, 11) is 0. The zero-order valence-electron chi connectivity index (χ0n) is 11.6. The minimum Gasteiger partial charge on any atom is -0.300 e. The normalized spacial score (nSPS) is 22.2. The molecule has 1 aliphatic rings. The Kier molecular flexibility index (Phi) is 4.18. The van der Waals surface area contributed by atoms with E-state index in [1.165, 1.54) is 11.1 Å². The van der Waals surface area contributed by atoms with Crippen LogP contribution in [0.5, 0.6) is 0 Å². The Morgan fingerprint density at radius 3 is 2.28 bits per heavy atom. The molecular formula is C16H23NO. The lowest BCUT2D eigenvalue weighted by atomic mass is 10.1. The number of carbonyl (C=O) groups is 1. The van der Waals surface area contributed by atoms with Crippen molar-refractivity contribution in [3.63, 3.8) is 0 Å². The van der Waals surface area contributed by atoms with E-state index in [2.05, 4.69) is 43.0 Å². The first-order valence-corrected chi connectivity index (χ1v) is 6.97. The first kappa shape index (κ1) is 13.3. The molecular weight excluding hydrogens is 222 g/mol. The first-order chi connectivity index (χ1) is 8.65. The van der Waals surface area contributed by atoms with Crippen LogP contribution in [0.2, 0.25) is 0 Å². The summed E-state index contributed by atoms with van der Waals surface area (Å²) < 4.78 is 0. The Bertz CT molecular complexity index is 406. The maximum atomic E-state index is 11.3. The summed E-state index contributed by atoms with van der Waals surface area (Å²) in [6, 6.07) is 8.82. The number of carbonyl (C=O) groups excluding carboxylic acids is 1. The van der Waals surface area contributed by atoms with E-state index in [1.807, 2.05) is 0 Å². The van der Waals surface area contributed by atoms with Gasteiger partial charge in [-0.2, -0.15) is 0 Å². The third-order valence-electron chi connectivity index (χ3n) is 4.02. The first-order valence-electron chi connectivity index (χ1n) is 6.97. The molecule has 2 nitrogen and oxygen atoms in total. The summed E-state index contributed by atoms with van der Waals surface area (Å²) in [5, 5.41) is 0. The van der Waals surface area contributed by atoms with Crippen molar-refractivity contribution in [2.24, 2.45) is 5.92 Å². The summed E-state index contributed by atoms with van der Waals surface area (Å²) in [6.45, 7) is 9.30. The summed E-state index contributed by atoms with van der Waals surface area (Å²) in [5.74, 6) is 1.12. The van der Waals surface area contributed by atoms with Gasteiger partial charge in [-0.25, -0.2) is 0 Å². The minimum absolute atomic E-state index is 0.290. The molecule has 2 unspecified atom stereocenters. The van der Waals surface area contributed by atoms with Gasteiger partial charge in [-0.15, -0.1) is 0 Å². The van der Waals surface area contributed by atoms with E-state index >= 15 is 0 Å². The molecule has 0 saturated heterocycles. The molecule has 0 amide bonds. The Labute approximate surface area is 110 Å². The zero-order chi connectivity index (χ0) is 13.1. The second-order valence-corrected chi connectivity index (χ2v) is 5.26.